The highest BCUT2D eigenvalue weighted by Gasteiger charge is 2.16. The largest absolute Gasteiger partial charge is 0.496 e. The number of methoxy groups -OCH3 is 2. The molecule has 0 amide bonds. The SMILES string of the molecule is COC(=O)c1ccc(Cn2c(=O)c(-c3ccccc3OC)nc3ccccc32)cc1. The van der Waals surface area contributed by atoms with Gasteiger partial charge in [0.2, 0.25) is 0 Å². The van der Waals surface area contributed by atoms with E-state index >= 15 is 0 Å². The van der Waals surface area contributed by atoms with Crippen LogP contribution in [0.15, 0.2) is 77.6 Å². The highest BCUT2D eigenvalue weighted by Crippen LogP contribution is 2.27. The molecule has 30 heavy (non-hydrogen) atoms. The van der Waals surface area contributed by atoms with Crippen molar-refractivity contribution in [1.29, 1.82) is 0 Å². The van der Waals surface area contributed by atoms with Crippen molar-refractivity contribution in [1.82, 2.24) is 9.55 Å². The molecule has 0 unspecified atom stereocenters. The van der Waals surface area contributed by atoms with Crippen LogP contribution in [0.4, 0.5) is 0 Å². The number of carbonyl (C=O) groups excluding carboxylic acids is 1. The number of carbonyl (C=O) groups is 1. The minimum Gasteiger partial charge on any atom is -0.496 e. The first-order chi connectivity index (χ1) is 14.6. The van der Waals surface area contributed by atoms with E-state index in [9.17, 15) is 9.59 Å². The lowest BCUT2D eigenvalue weighted by molar-refractivity contribution is 0.0600. The van der Waals surface area contributed by atoms with Gasteiger partial charge in [0.25, 0.3) is 5.56 Å². The van der Waals surface area contributed by atoms with Crippen molar-refractivity contribution in [2.45, 2.75) is 6.54 Å². The van der Waals surface area contributed by atoms with E-state index < -0.39 is 5.97 Å². The Morgan fingerprint density at radius 3 is 2.37 bits per heavy atom. The van der Waals surface area contributed by atoms with Gasteiger partial charge in [-0.3, -0.25) is 4.79 Å². The summed E-state index contributed by atoms with van der Waals surface area (Å²) in [6.07, 6.45) is 0. The Hall–Kier alpha value is -3.93. The summed E-state index contributed by atoms with van der Waals surface area (Å²) >= 11 is 0. The fraction of sp³-hybridized carbons (Fsp3) is 0.125. The van der Waals surface area contributed by atoms with Gasteiger partial charge in [-0.2, -0.15) is 0 Å². The normalized spacial score (nSPS) is 10.7. The minimum atomic E-state index is -0.397. The van der Waals surface area contributed by atoms with Crippen molar-refractivity contribution < 1.29 is 14.3 Å². The third-order valence-corrected chi connectivity index (χ3v) is 4.93. The van der Waals surface area contributed by atoms with Crippen LogP contribution in [0.25, 0.3) is 22.3 Å². The minimum absolute atomic E-state index is 0.213. The van der Waals surface area contributed by atoms with E-state index in [2.05, 4.69) is 4.98 Å². The van der Waals surface area contributed by atoms with Crippen LogP contribution in [0.2, 0.25) is 0 Å². The summed E-state index contributed by atoms with van der Waals surface area (Å²) < 4.78 is 11.9. The predicted octanol–water partition coefficient (Wildman–Crippen LogP) is 3.91. The van der Waals surface area contributed by atoms with Crippen molar-refractivity contribution in [3.8, 4) is 17.0 Å². The first-order valence-electron chi connectivity index (χ1n) is 9.42. The Labute approximate surface area is 173 Å². The van der Waals surface area contributed by atoms with Crippen LogP contribution in [-0.2, 0) is 11.3 Å². The molecule has 0 atom stereocenters. The summed E-state index contributed by atoms with van der Waals surface area (Å²) in [5.74, 6) is 0.192. The molecule has 0 radical (unpaired) electrons. The Kier molecular flexibility index (Phi) is 5.30. The van der Waals surface area contributed by atoms with Crippen molar-refractivity contribution in [3.05, 3.63) is 94.3 Å². The van der Waals surface area contributed by atoms with Crippen LogP contribution < -0.4 is 10.3 Å². The molecule has 0 saturated carbocycles. The van der Waals surface area contributed by atoms with Gasteiger partial charge in [0, 0.05) is 5.56 Å². The zero-order chi connectivity index (χ0) is 21.1. The molecule has 0 bridgehead atoms. The number of rotatable bonds is 5. The molecule has 4 aromatic rings. The van der Waals surface area contributed by atoms with Gasteiger partial charge in [0.05, 0.1) is 37.4 Å². The van der Waals surface area contributed by atoms with Gasteiger partial charge in [0.1, 0.15) is 11.4 Å². The number of benzene rings is 3. The maximum absolute atomic E-state index is 13.4. The topological polar surface area (TPSA) is 70.4 Å². The molecular weight excluding hydrogens is 380 g/mol. The molecule has 4 rings (SSSR count). The molecule has 0 spiro atoms. The highest BCUT2D eigenvalue weighted by molar-refractivity contribution is 5.89. The average Bonchev–Trinajstić information content (AvgIpc) is 2.80. The van der Waals surface area contributed by atoms with Gasteiger partial charge >= 0.3 is 5.97 Å². The van der Waals surface area contributed by atoms with E-state index in [4.69, 9.17) is 9.47 Å². The summed E-state index contributed by atoms with van der Waals surface area (Å²) in [6.45, 7) is 0.339. The fourth-order valence-corrected chi connectivity index (χ4v) is 3.41. The third-order valence-electron chi connectivity index (χ3n) is 4.93. The summed E-state index contributed by atoms with van der Waals surface area (Å²) in [6, 6.07) is 21.9. The van der Waals surface area contributed by atoms with E-state index in [-0.39, 0.29) is 5.56 Å². The third kappa shape index (κ3) is 3.55. The molecule has 0 saturated heterocycles. The van der Waals surface area contributed by atoms with Gasteiger partial charge < -0.3 is 14.0 Å². The van der Waals surface area contributed by atoms with Crippen molar-refractivity contribution >= 4 is 17.0 Å². The summed E-state index contributed by atoms with van der Waals surface area (Å²) in [5.41, 5.74) is 3.55. The number of para-hydroxylation sites is 3. The molecule has 1 aromatic heterocycles. The zero-order valence-corrected chi connectivity index (χ0v) is 16.7. The van der Waals surface area contributed by atoms with Crippen LogP contribution >= 0.6 is 0 Å². The van der Waals surface area contributed by atoms with Gasteiger partial charge in [-0.05, 0) is 42.0 Å². The summed E-state index contributed by atoms with van der Waals surface area (Å²) in [5, 5.41) is 0. The van der Waals surface area contributed by atoms with E-state index in [0.29, 0.717) is 34.6 Å². The number of ether oxygens (including phenoxy) is 2. The molecule has 0 aliphatic rings. The quantitative estimate of drug-likeness (QED) is 0.475. The van der Waals surface area contributed by atoms with E-state index in [1.165, 1.54) is 7.11 Å². The molecular formula is C24H20N2O4. The van der Waals surface area contributed by atoms with E-state index in [1.807, 2.05) is 60.7 Å². The molecule has 1 heterocycles. The Bertz CT molecular complexity index is 1280. The standard InChI is InChI=1S/C24H20N2O4/c1-29-21-10-6-3-7-18(21)22-23(27)26(20-9-5-4-8-19(20)25-22)15-16-11-13-17(14-12-16)24(28)30-2/h3-14H,15H2,1-2H3. The molecule has 0 aliphatic carbocycles. The van der Waals surface area contributed by atoms with Crippen molar-refractivity contribution in [3.63, 3.8) is 0 Å². The smallest absolute Gasteiger partial charge is 0.337 e. The summed E-state index contributed by atoms with van der Waals surface area (Å²) in [4.78, 5) is 29.8. The number of hydrogen-bond acceptors (Lipinski definition) is 5. The maximum Gasteiger partial charge on any atom is 0.337 e. The van der Waals surface area contributed by atoms with Gasteiger partial charge in [-0.15, -0.1) is 0 Å². The lowest BCUT2D eigenvalue weighted by atomic mass is 10.1. The van der Waals surface area contributed by atoms with Gasteiger partial charge in [-0.1, -0.05) is 36.4 Å². The fourth-order valence-electron chi connectivity index (χ4n) is 3.41. The molecule has 0 aliphatic heterocycles. The first kappa shape index (κ1) is 19.4. The molecule has 3 aromatic carbocycles. The van der Waals surface area contributed by atoms with Crippen LogP contribution in [0.5, 0.6) is 5.75 Å². The Morgan fingerprint density at radius 1 is 0.933 bits per heavy atom. The van der Waals surface area contributed by atoms with Gasteiger partial charge in [-0.25, -0.2) is 9.78 Å². The Balaban J connectivity index is 1.86. The maximum atomic E-state index is 13.4. The van der Waals surface area contributed by atoms with Crippen LogP contribution in [0.1, 0.15) is 15.9 Å². The monoisotopic (exact) mass is 400 g/mol. The Morgan fingerprint density at radius 2 is 1.63 bits per heavy atom. The zero-order valence-electron chi connectivity index (χ0n) is 16.7. The number of hydrogen-bond donors (Lipinski definition) is 0. The van der Waals surface area contributed by atoms with E-state index in [1.54, 1.807) is 23.8 Å². The van der Waals surface area contributed by atoms with Crippen molar-refractivity contribution in [2.75, 3.05) is 14.2 Å². The summed E-state index contributed by atoms with van der Waals surface area (Å²) in [7, 11) is 2.92. The second-order valence-electron chi connectivity index (χ2n) is 6.73. The van der Waals surface area contributed by atoms with Crippen LogP contribution in [0, 0.1) is 0 Å². The second kappa shape index (κ2) is 8.21. The predicted molar refractivity (Wildman–Crippen MR) is 115 cm³/mol. The lowest BCUT2D eigenvalue weighted by Crippen LogP contribution is -2.24. The average molecular weight is 400 g/mol. The lowest BCUT2D eigenvalue weighted by Gasteiger charge is -2.14. The second-order valence-corrected chi connectivity index (χ2v) is 6.73. The molecule has 0 fully saturated rings. The number of fused-ring (bicyclic) bond motifs is 1. The molecule has 0 N–H and O–H groups in total. The van der Waals surface area contributed by atoms with Gasteiger partial charge in [0.15, 0.2) is 0 Å². The first-order valence-corrected chi connectivity index (χ1v) is 9.42. The number of nitrogens with zero attached hydrogens (tertiary/aromatic N) is 2. The van der Waals surface area contributed by atoms with Crippen LogP contribution in [0.3, 0.4) is 0 Å². The highest BCUT2D eigenvalue weighted by atomic mass is 16.5. The molecule has 150 valence electrons. The number of esters is 1. The van der Waals surface area contributed by atoms with Crippen molar-refractivity contribution in [2.24, 2.45) is 0 Å². The van der Waals surface area contributed by atoms with Crippen LogP contribution in [-0.4, -0.2) is 29.7 Å². The van der Waals surface area contributed by atoms with E-state index in [0.717, 1.165) is 11.1 Å². The molecule has 6 nitrogen and oxygen atoms in total. The number of aromatic nitrogens is 2. The molecule has 6 heteroatoms.